The van der Waals surface area contributed by atoms with Gasteiger partial charge >= 0.3 is 0 Å². The molecule has 3 aromatic carbocycles. The Morgan fingerprint density at radius 1 is 0.850 bits per heavy atom. The number of allylic oxidation sites excluding steroid dienone is 12. The molecule has 0 aliphatic heterocycles. The summed E-state index contributed by atoms with van der Waals surface area (Å²) in [6.45, 7) is 18.4. The Morgan fingerprint density at radius 3 is 2.23 bits per heavy atom. The highest BCUT2D eigenvalue weighted by atomic mass is 14.6. The van der Waals surface area contributed by atoms with Crippen molar-refractivity contribution in [3.63, 3.8) is 0 Å². The zero-order valence-corrected chi connectivity index (χ0v) is 24.2. The predicted molar refractivity (Wildman–Crippen MR) is 179 cm³/mol. The highest BCUT2D eigenvalue weighted by Gasteiger charge is 2.16. The zero-order valence-electron chi connectivity index (χ0n) is 24.2. The summed E-state index contributed by atoms with van der Waals surface area (Å²) in [7, 11) is 0. The van der Waals surface area contributed by atoms with Gasteiger partial charge in [0.25, 0.3) is 0 Å². The lowest BCUT2D eigenvalue weighted by molar-refractivity contribution is 0.990. The lowest BCUT2D eigenvalue weighted by Crippen LogP contribution is -2.01. The number of rotatable bonds is 13. The van der Waals surface area contributed by atoms with Crippen molar-refractivity contribution in [2.75, 3.05) is 0 Å². The first-order valence-corrected chi connectivity index (χ1v) is 13.9. The molecule has 0 saturated carbocycles. The predicted octanol–water partition coefficient (Wildman–Crippen LogP) is 10.8. The van der Waals surface area contributed by atoms with E-state index in [0.717, 1.165) is 30.4 Å². The van der Waals surface area contributed by atoms with E-state index in [0.29, 0.717) is 0 Å². The average molecular weight is 524 g/mol. The third kappa shape index (κ3) is 8.25. The summed E-state index contributed by atoms with van der Waals surface area (Å²) in [6, 6.07) is 24.2. The van der Waals surface area contributed by atoms with Crippen LogP contribution in [0.2, 0.25) is 0 Å². The second-order valence-corrected chi connectivity index (χ2v) is 9.71. The smallest absolute Gasteiger partial charge is 0.0261 e. The molecule has 0 amide bonds. The zero-order chi connectivity index (χ0) is 28.7. The molecule has 0 aliphatic carbocycles. The van der Waals surface area contributed by atoms with Crippen molar-refractivity contribution in [3.05, 3.63) is 174 Å². The van der Waals surface area contributed by atoms with Crippen LogP contribution >= 0.6 is 0 Å². The van der Waals surface area contributed by atoms with Crippen LogP contribution in [0.15, 0.2) is 162 Å². The first-order valence-electron chi connectivity index (χ1n) is 13.9. The molecule has 0 heterocycles. The SMILES string of the molecule is C=C\C=C/C(C(=C)C)=C(C(/C=C\C)=C(/CC)Cc1ccc(C/C=C\N=C/C=C)cc1)\c1ccc2ccccc2c1. The highest BCUT2D eigenvalue weighted by Crippen LogP contribution is 2.36. The van der Waals surface area contributed by atoms with Crippen molar-refractivity contribution in [2.45, 2.75) is 40.0 Å². The van der Waals surface area contributed by atoms with Crippen molar-refractivity contribution in [1.29, 1.82) is 0 Å². The maximum atomic E-state index is 4.37. The van der Waals surface area contributed by atoms with E-state index < -0.39 is 0 Å². The Morgan fingerprint density at radius 2 is 1.57 bits per heavy atom. The van der Waals surface area contributed by atoms with E-state index in [1.165, 1.54) is 44.2 Å². The van der Waals surface area contributed by atoms with Crippen molar-refractivity contribution >= 4 is 22.6 Å². The topological polar surface area (TPSA) is 12.4 Å². The van der Waals surface area contributed by atoms with Crippen LogP contribution in [0.3, 0.4) is 0 Å². The van der Waals surface area contributed by atoms with Gasteiger partial charge in [-0.1, -0.05) is 141 Å². The van der Waals surface area contributed by atoms with Gasteiger partial charge in [0.05, 0.1) is 0 Å². The molecule has 0 radical (unpaired) electrons. The van der Waals surface area contributed by atoms with E-state index in [1.54, 1.807) is 12.3 Å². The van der Waals surface area contributed by atoms with Crippen molar-refractivity contribution in [1.82, 2.24) is 0 Å². The summed E-state index contributed by atoms with van der Waals surface area (Å²) >= 11 is 0. The second kappa shape index (κ2) is 15.8. The molecular formula is C39H41N. The molecule has 3 aromatic rings. The summed E-state index contributed by atoms with van der Waals surface area (Å²) in [6.07, 6.45) is 20.3. The molecule has 0 unspecified atom stereocenters. The molecule has 1 heteroatoms. The molecule has 0 aliphatic rings. The Balaban J connectivity index is 2.14. The van der Waals surface area contributed by atoms with Gasteiger partial charge in [-0.2, -0.15) is 0 Å². The van der Waals surface area contributed by atoms with Crippen molar-refractivity contribution in [3.8, 4) is 0 Å². The third-order valence-corrected chi connectivity index (χ3v) is 6.75. The van der Waals surface area contributed by atoms with Crippen LogP contribution in [-0.4, -0.2) is 6.21 Å². The summed E-state index contributed by atoms with van der Waals surface area (Å²) in [5.41, 5.74) is 9.73. The minimum absolute atomic E-state index is 0.849. The van der Waals surface area contributed by atoms with E-state index in [4.69, 9.17) is 0 Å². The Kier molecular flexibility index (Phi) is 11.9. The van der Waals surface area contributed by atoms with E-state index in [9.17, 15) is 0 Å². The van der Waals surface area contributed by atoms with Gasteiger partial charge in [0.1, 0.15) is 0 Å². The quantitative estimate of drug-likeness (QED) is 0.156. The van der Waals surface area contributed by atoms with E-state index >= 15 is 0 Å². The molecule has 0 aromatic heterocycles. The molecule has 0 fully saturated rings. The molecule has 202 valence electrons. The van der Waals surface area contributed by atoms with Crippen LogP contribution < -0.4 is 0 Å². The Bertz CT molecular complexity index is 1510. The largest absolute Gasteiger partial charge is 0.265 e. The van der Waals surface area contributed by atoms with E-state index in [1.807, 2.05) is 18.4 Å². The van der Waals surface area contributed by atoms with Gasteiger partial charge in [-0.25, -0.2) is 0 Å². The van der Waals surface area contributed by atoms with E-state index in [-0.39, 0.29) is 0 Å². The lowest BCUT2D eigenvalue weighted by Gasteiger charge is -2.20. The second-order valence-electron chi connectivity index (χ2n) is 9.71. The minimum Gasteiger partial charge on any atom is -0.265 e. The molecule has 1 nitrogen and oxygen atoms in total. The van der Waals surface area contributed by atoms with Gasteiger partial charge in [-0.3, -0.25) is 4.99 Å². The third-order valence-electron chi connectivity index (χ3n) is 6.75. The standard InChI is InChI=1S/C39H41N/c1-7-11-19-37(30(5)6)39(36-25-24-34-17-12-13-18-35(34)29-36)38(15-8-2)33(10-4)28-32-22-20-31(21-23-32)16-14-27-40-26-9-3/h7-9,11-15,17-27,29H,1,3,5,10,16,28H2,2,4,6H3/b15-8-,19-11-,27-14-,38-33-,39-37-,40-26-. The number of aliphatic imine (C=N–C) groups is 1. The minimum atomic E-state index is 0.849. The van der Waals surface area contributed by atoms with Crippen molar-refractivity contribution < 1.29 is 0 Å². The number of fused-ring (bicyclic) bond motifs is 1. The fraction of sp³-hybridized carbons (Fsp3) is 0.154. The lowest BCUT2D eigenvalue weighted by atomic mass is 9.84. The first-order chi connectivity index (χ1) is 19.5. The van der Waals surface area contributed by atoms with Gasteiger partial charge in [-0.15, -0.1) is 0 Å². The first kappa shape index (κ1) is 30.1. The van der Waals surface area contributed by atoms with Gasteiger partial charge < -0.3 is 0 Å². The molecule has 0 spiro atoms. The fourth-order valence-corrected chi connectivity index (χ4v) is 4.76. The number of hydrogen-bond acceptors (Lipinski definition) is 1. The molecule has 0 bridgehead atoms. The maximum absolute atomic E-state index is 4.37. The summed E-state index contributed by atoms with van der Waals surface area (Å²) < 4.78 is 0. The van der Waals surface area contributed by atoms with Crippen molar-refractivity contribution in [2.24, 2.45) is 4.99 Å². The number of nitrogens with zero attached hydrogens (tertiary/aromatic N) is 1. The Hall–Kier alpha value is -4.49. The number of hydrogen-bond donors (Lipinski definition) is 0. The highest BCUT2D eigenvalue weighted by molar-refractivity contribution is 5.93. The van der Waals surface area contributed by atoms with E-state index in [2.05, 4.69) is 137 Å². The monoisotopic (exact) mass is 523 g/mol. The molecule has 3 rings (SSSR count). The van der Waals surface area contributed by atoms with Crippen LogP contribution in [-0.2, 0) is 12.8 Å². The van der Waals surface area contributed by atoms with Crippen LogP contribution in [0.4, 0.5) is 0 Å². The van der Waals surface area contributed by atoms with Crippen LogP contribution in [0.25, 0.3) is 16.3 Å². The molecule has 40 heavy (non-hydrogen) atoms. The molecule has 0 N–H and O–H groups in total. The van der Waals surface area contributed by atoms with Gasteiger partial charge in [0.2, 0.25) is 0 Å². The summed E-state index contributed by atoms with van der Waals surface area (Å²) in [5, 5.41) is 2.46. The molecule has 0 atom stereocenters. The Labute approximate surface area is 241 Å². The van der Waals surface area contributed by atoms with Gasteiger partial charge in [0.15, 0.2) is 0 Å². The van der Waals surface area contributed by atoms with Gasteiger partial charge in [0, 0.05) is 12.4 Å². The molecular weight excluding hydrogens is 482 g/mol. The normalized spacial score (nSPS) is 13.4. The maximum Gasteiger partial charge on any atom is 0.0261 e. The van der Waals surface area contributed by atoms with Gasteiger partial charge in [-0.05, 0) is 83.4 Å². The summed E-state index contributed by atoms with van der Waals surface area (Å²) in [4.78, 5) is 4.16. The fourth-order valence-electron chi connectivity index (χ4n) is 4.76. The molecule has 0 saturated heterocycles. The average Bonchev–Trinajstić information content (AvgIpc) is 2.97. The van der Waals surface area contributed by atoms with Crippen LogP contribution in [0, 0.1) is 0 Å². The van der Waals surface area contributed by atoms with Crippen LogP contribution in [0.5, 0.6) is 0 Å². The van der Waals surface area contributed by atoms with Crippen LogP contribution in [0.1, 0.15) is 43.9 Å². The summed E-state index contributed by atoms with van der Waals surface area (Å²) in [5.74, 6) is 0. The number of benzene rings is 3.